The summed E-state index contributed by atoms with van der Waals surface area (Å²) in [5.74, 6) is -1.32. The molecule has 148 valence electrons. The minimum atomic E-state index is -0.994. The number of carbonyl (C=O) groups is 3. The van der Waals surface area contributed by atoms with E-state index in [1.54, 1.807) is 67.6 Å². The van der Waals surface area contributed by atoms with Crippen LogP contribution in [0.25, 0.3) is 21.8 Å². The molecule has 1 aliphatic heterocycles. The zero-order valence-corrected chi connectivity index (χ0v) is 16.1. The fourth-order valence-corrected chi connectivity index (χ4v) is 4.15. The van der Waals surface area contributed by atoms with Gasteiger partial charge in [-0.1, -0.05) is 12.1 Å². The summed E-state index contributed by atoms with van der Waals surface area (Å²) in [6.45, 7) is 1.57. The third-order valence-corrected chi connectivity index (χ3v) is 5.60. The van der Waals surface area contributed by atoms with Crippen LogP contribution >= 0.6 is 0 Å². The van der Waals surface area contributed by atoms with E-state index in [1.807, 2.05) is 0 Å². The molecule has 1 aliphatic rings. The third kappa shape index (κ3) is 2.35. The lowest BCUT2D eigenvalue weighted by atomic mass is 10.1. The first-order valence-electron chi connectivity index (χ1n) is 9.49. The molecule has 4 N–H and O–H groups in total. The second kappa shape index (κ2) is 6.18. The van der Waals surface area contributed by atoms with E-state index in [1.165, 1.54) is 4.57 Å². The summed E-state index contributed by atoms with van der Waals surface area (Å²) in [5, 5.41) is 1.56. The molecule has 7 heteroatoms. The average molecular weight is 398 g/mol. The van der Waals surface area contributed by atoms with E-state index in [0.717, 1.165) is 15.7 Å². The quantitative estimate of drug-likeness (QED) is 0.398. The van der Waals surface area contributed by atoms with Gasteiger partial charge in [-0.15, -0.1) is 0 Å². The molecule has 0 saturated heterocycles. The molecule has 3 aromatic carbocycles. The molecular weight excluding hydrogens is 380 g/mol. The molecule has 0 radical (unpaired) electrons. The van der Waals surface area contributed by atoms with E-state index in [2.05, 4.69) is 0 Å². The van der Waals surface area contributed by atoms with Gasteiger partial charge in [-0.3, -0.25) is 23.9 Å². The van der Waals surface area contributed by atoms with Gasteiger partial charge in [0, 0.05) is 22.1 Å². The van der Waals surface area contributed by atoms with Crippen LogP contribution in [0.3, 0.4) is 0 Å². The predicted octanol–water partition coefficient (Wildman–Crippen LogP) is 3.28. The lowest BCUT2D eigenvalue weighted by Gasteiger charge is -2.22. The van der Waals surface area contributed by atoms with Gasteiger partial charge in [0.15, 0.2) is 0 Å². The summed E-state index contributed by atoms with van der Waals surface area (Å²) >= 11 is 0. The van der Waals surface area contributed by atoms with E-state index in [9.17, 15) is 14.4 Å². The normalized spacial score (nSPS) is 14.5. The highest BCUT2D eigenvalue weighted by Crippen LogP contribution is 2.33. The number of carbonyl (C=O) groups excluding carboxylic acids is 3. The van der Waals surface area contributed by atoms with Crippen LogP contribution in [0.15, 0.2) is 60.7 Å². The number of nitrogen functional groups attached to an aromatic ring is 2. The molecule has 0 unspecified atom stereocenters. The number of nitrogens with two attached hydrogens (primary N) is 2. The Morgan fingerprint density at radius 2 is 1.27 bits per heavy atom. The number of amides is 2. The van der Waals surface area contributed by atoms with Crippen LogP contribution in [0.5, 0.6) is 0 Å². The maximum Gasteiger partial charge on any atom is 0.262 e. The second-order valence-corrected chi connectivity index (χ2v) is 7.43. The van der Waals surface area contributed by atoms with Gasteiger partial charge in [0.2, 0.25) is 0 Å². The summed E-state index contributed by atoms with van der Waals surface area (Å²) in [6, 6.07) is 16.1. The molecule has 1 aromatic heterocycles. The Bertz CT molecular complexity index is 1310. The maximum absolute atomic E-state index is 13.6. The Labute approximate surface area is 171 Å². The average Bonchev–Trinajstić information content (AvgIpc) is 3.18. The lowest BCUT2D eigenvalue weighted by Crippen LogP contribution is -2.44. The fourth-order valence-electron chi connectivity index (χ4n) is 4.15. The monoisotopic (exact) mass is 398 g/mol. The Balaban J connectivity index is 1.67. The molecular formula is C23H18N4O3. The first-order valence-corrected chi connectivity index (χ1v) is 9.49. The van der Waals surface area contributed by atoms with Crippen molar-refractivity contribution in [3.63, 3.8) is 0 Å². The van der Waals surface area contributed by atoms with Gasteiger partial charge in [-0.05, 0) is 55.5 Å². The molecule has 0 aliphatic carbocycles. The Kier molecular flexibility index (Phi) is 3.70. The maximum atomic E-state index is 13.6. The van der Waals surface area contributed by atoms with Crippen LogP contribution < -0.4 is 11.5 Å². The molecule has 4 aromatic rings. The minimum absolute atomic E-state index is 0.310. The van der Waals surface area contributed by atoms with E-state index in [0.29, 0.717) is 33.5 Å². The summed E-state index contributed by atoms with van der Waals surface area (Å²) < 4.78 is 1.53. The van der Waals surface area contributed by atoms with Crippen molar-refractivity contribution < 1.29 is 14.4 Å². The Morgan fingerprint density at radius 1 is 0.800 bits per heavy atom. The molecule has 2 heterocycles. The summed E-state index contributed by atoms with van der Waals surface area (Å²) in [5.41, 5.74) is 14.9. The number of imide groups is 1. The smallest absolute Gasteiger partial charge is 0.262 e. The van der Waals surface area contributed by atoms with Crippen LogP contribution in [0.1, 0.15) is 32.4 Å². The number of fused-ring (bicyclic) bond motifs is 4. The largest absolute Gasteiger partial charge is 0.399 e. The minimum Gasteiger partial charge on any atom is -0.399 e. The van der Waals surface area contributed by atoms with E-state index < -0.39 is 17.9 Å². The van der Waals surface area contributed by atoms with Crippen LogP contribution in [0.2, 0.25) is 0 Å². The molecule has 0 saturated carbocycles. The lowest BCUT2D eigenvalue weighted by molar-refractivity contribution is 0.0532. The van der Waals surface area contributed by atoms with E-state index in [4.69, 9.17) is 11.5 Å². The zero-order chi connectivity index (χ0) is 21.2. The summed E-state index contributed by atoms with van der Waals surface area (Å²) in [4.78, 5) is 40.3. The molecule has 0 spiro atoms. The highest BCUT2D eigenvalue weighted by Gasteiger charge is 2.41. The topological polar surface area (TPSA) is 111 Å². The number of aromatic nitrogens is 1. The van der Waals surface area contributed by atoms with Gasteiger partial charge in [0.05, 0.1) is 22.2 Å². The van der Waals surface area contributed by atoms with Gasteiger partial charge in [-0.2, -0.15) is 0 Å². The number of rotatable bonds is 2. The first-order chi connectivity index (χ1) is 14.4. The van der Waals surface area contributed by atoms with E-state index >= 15 is 0 Å². The second-order valence-electron chi connectivity index (χ2n) is 7.43. The molecule has 30 heavy (non-hydrogen) atoms. The van der Waals surface area contributed by atoms with Crippen molar-refractivity contribution in [2.75, 3.05) is 11.5 Å². The number of hydrogen-bond acceptors (Lipinski definition) is 5. The standard InChI is InChI=1S/C23H18N4O3/c1-12(26-22(29)15-4-2-3-5-16(15)23(26)30)21(28)27-19-8-6-13(24)10-17(19)18-11-14(25)7-9-20(18)27/h2-12H,24-25H2,1H3/t12-/m0/s1. The van der Waals surface area contributed by atoms with Gasteiger partial charge >= 0.3 is 0 Å². The highest BCUT2D eigenvalue weighted by atomic mass is 16.2. The highest BCUT2D eigenvalue weighted by molar-refractivity contribution is 6.23. The van der Waals surface area contributed by atoms with Crippen LogP contribution in [-0.4, -0.2) is 33.2 Å². The van der Waals surface area contributed by atoms with Crippen molar-refractivity contribution in [2.24, 2.45) is 0 Å². The molecule has 5 rings (SSSR count). The Hall–Kier alpha value is -4.13. The molecule has 0 fully saturated rings. The van der Waals surface area contributed by atoms with E-state index in [-0.39, 0.29) is 5.91 Å². The fraction of sp³-hybridized carbons (Fsp3) is 0.0870. The number of hydrogen-bond donors (Lipinski definition) is 2. The van der Waals surface area contributed by atoms with Crippen molar-refractivity contribution >= 4 is 50.9 Å². The summed E-state index contributed by atoms with van der Waals surface area (Å²) in [7, 11) is 0. The van der Waals surface area contributed by atoms with Crippen LogP contribution in [0, 0.1) is 0 Å². The number of benzene rings is 3. The Morgan fingerprint density at radius 3 is 1.73 bits per heavy atom. The van der Waals surface area contributed by atoms with Crippen molar-refractivity contribution in [1.29, 1.82) is 0 Å². The van der Waals surface area contributed by atoms with Gasteiger partial charge in [0.1, 0.15) is 6.04 Å². The zero-order valence-electron chi connectivity index (χ0n) is 16.1. The van der Waals surface area contributed by atoms with Gasteiger partial charge in [-0.25, -0.2) is 0 Å². The van der Waals surface area contributed by atoms with Gasteiger partial charge in [0.25, 0.3) is 17.7 Å². The molecule has 2 amide bonds. The molecule has 7 nitrogen and oxygen atoms in total. The number of anilines is 2. The van der Waals surface area contributed by atoms with Crippen LogP contribution in [-0.2, 0) is 0 Å². The molecule has 0 bridgehead atoms. The van der Waals surface area contributed by atoms with Gasteiger partial charge < -0.3 is 11.5 Å². The first kappa shape index (κ1) is 17.9. The van der Waals surface area contributed by atoms with Crippen molar-refractivity contribution in [1.82, 2.24) is 9.47 Å². The SMILES string of the molecule is C[C@@H](C(=O)n1c2ccc(N)cc2c2cc(N)ccc21)N1C(=O)c2ccccc2C1=O. The van der Waals surface area contributed by atoms with Crippen LogP contribution in [0.4, 0.5) is 11.4 Å². The van der Waals surface area contributed by atoms with Crippen molar-refractivity contribution in [2.45, 2.75) is 13.0 Å². The van der Waals surface area contributed by atoms with Crippen molar-refractivity contribution in [3.8, 4) is 0 Å². The third-order valence-electron chi connectivity index (χ3n) is 5.60. The van der Waals surface area contributed by atoms with Crippen molar-refractivity contribution in [3.05, 3.63) is 71.8 Å². The predicted molar refractivity (Wildman–Crippen MR) is 115 cm³/mol. The molecule has 1 atom stereocenters. The summed E-state index contributed by atoms with van der Waals surface area (Å²) in [6.07, 6.45) is 0. The number of nitrogens with zero attached hydrogens (tertiary/aromatic N) is 2.